The van der Waals surface area contributed by atoms with E-state index < -0.39 is 17.5 Å². The fraction of sp³-hybridized carbons (Fsp3) is 0.316. The van der Waals surface area contributed by atoms with Crippen molar-refractivity contribution >= 4 is 29.2 Å². The van der Waals surface area contributed by atoms with E-state index >= 15 is 0 Å². The minimum absolute atomic E-state index is 0.167. The molecule has 1 aromatic heterocycles. The number of thiophene rings is 1. The van der Waals surface area contributed by atoms with Gasteiger partial charge < -0.3 is 20.1 Å². The third kappa shape index (κ3) is 3.53. The van der Waals surface area contributed by atoms with Crippen LogP contribution in [0.4, 0.5) is 4.79 Å². The van der Waals surface area contributed by atoms with Gasteiger partial charge in [-0.2, -0.15) is 0 Å². The highest BCUT2D eigenvalue weighted by atomic mass is 32.1. The average molecular weight is 401 g/mol. The molecule has 3 heterocycles. The summed E-state index contributed by atoms with van der Waals surface area (Å²) in [5.41, 5.74) is -0.303. The van der Waals surface area contributed by atoms with Crippen molar-refractivity contribution in [2.45, 2.75) is 25.4 Å². The van der Waals surface area contributed by atoms with E-state index in [0.29, 0.717) is 18.0 Å². The van der Waals surface area contributed by atoms with Crippen molar-refractivity contribution in [2.24, 2.45) is 0 Å². The first-order valence-corrected chi connectivity index (χ1v) is 9.64. The van der Waals surface area contributed by atoms with Crippen molar-refractivity contribution in [2.75, 3.05) is 13.3 Å². The summed E-state index contributed by atoms with van der Waals surface area (Å²) in [5, 5.41) is 7.35. The number of amides is 4. The summed E-state index contributed by atoms with van der Waals surface area (Å²) in [6, 6.07) is 8.63. The standard InChI is InChI=1S/C19H19N3O5S/c1-19(8-12-4-5-14-15(7-12)27-11-26-14)17(24)22(18(25)21-19)10-16(23)20-9-13-3-2-6-28-13/h2-7H,8-11H2,1H3,(H,20,23)(H,21,25)/t19-/m1/s1. The molecule has 2 aliphatic rings. The van der Waals surface area contributed by atoms with Crippen LogP contribution >= 0.6 is 11.3 Å². The van der Waals surface area contributed by atoms with Gasteiger partial charge in [-0.05, 0) is 36.1 Å². The lowest BCUT2D eigenvalue weighted by atomic mass is 9.92. The van der Waals surface area contributed by atoms with Crippen LogP contribution in [-0.4, -0.2) is 41.6 Å². The number of carbonyl (C=O) groups is 3. The van der Waals surface area contributed by atoms with E-state index in [9.17, 15) is 14.4 Å². The largest absolute Gasteiger partial charge is 0.454 e. The molecule has 0 saturated carbocycles. The summed E-state index contributed by atoms with van der Waals surface area (Å²) < 4.78 is 10.6. The molecule has 1 fully saturated rings. The maximum atomic E-state index is 12.9. The average Bonchev–Trinajstić information content (AvgIpc) is 3.38. The Hall–Kier alpha value is -3.07. The predicted octanol–water partition coefficient (Wildman–Crippen LogP) is 1.65. The predicted molar refractivity (Wildman–Crippen MR) is 101 cm³/mol. The van der Waals surface area contributed by atoms with Gasteiger partial charge in [0.1, 0.15) is 12.1 Å². The third-order valence-corrected chi connectivity index (χ3v) is 5.56. The van der Waals surface area contributed by atoms with Gasteiger partial charge in [-0.1, -0.05) is 12.1 Å². The maximum Gasteiger partial charge on any atom is 0.325 e. The molecule has 8 nitrogen and oxygen atoms in total. The van der Waals surface area contributed by atoms with E-state index in [1.54, 1.807) is 19.1 Å². The number of benzene rings is 1. The van der Waals surface area contributed by atoms with Gasteiger partial charge in [-0.3, -0.25) is 14.5 Å². The zero-order valence-electron chi connectivity index (χ0n) is 15.2. The Labute approximate surface area is 165 Å². The number of ether oxygens (including phenoxy) is 2. The Morgan fingerprint density at radius 1 is 1.29 bits per heavy atom. The summed E-state index contributed by atoms with van der Waals surface area (Å²) in [5.74, 6) is 0.452. The molecular weight excluding hydrogens is 382 g/mol. The summed E-state index contributed by atoms with van der Waals surface area (Å²) in [6.07, 6.45) is 0.279. The zero-order chi connectivity index (χ0) is 19.7. The van der Waals surface area contributed by atoms with Gasteiger partial charge in [-0.15, -0.1) is 11.3 Å². The smallest absolute Gasteiger partial charge is 0.325 e. The van der Waals surface area contributed by atoms with Crippen LogP contribution in [0.25, 0.3) is 0 Å². The molecule has 0 unspecified atom stereocenters. The fourth-order valence-corrected chi connectivity index (χ4v) is 3.91. The van der Waals surface area contributed by atoms with Crippen molar-refractivity contribution in [3.8, 4) is 11.5 Å². The molecule has 2 N–H and O–H groups in total. The van der Waals surface area contributed by atoms with Crippen LogP contribution < -0.4 is 20.1 Å². The van der Waals surface area contributed by atoms with Gasteiger partial charge in [0.2, 0.25) is 12.7 Å². The summed E-state index contributed by atoms with van der Waals surface area (Å²) in [6.45, 7) is 1.88. The van der Waals surface area contributed by atoms with E-state index in [2.05, 4.69) is 10.6 Å². The Morgan fingerprint density at radius 2 is 2.11 bits per heavy atom. The Morgan fingerprint density at radius 3 is 2.89 bits per heavy atom. The molecule has 4 rings (SSSR count). The van der Waals surface area contributed by atoms with Crippen molar-refractivity contribution in [1.29, 1.82) is 0 Å². The lowest BCUT2D eigenvalue weighted by Crippen LogP contribution is -2.46. The number of nitrogens with one attached hydrogen (secondary N) is 2. The number of urea groups is 1. The first-order valence-electron chi connectivity index (χ1n) is 8.76. The van der Waals surface area contributed by atoms with Crippen LogP contribution in [0, 0.1) is 0 Å². The molecule has 1 atom stereocenters. The van der Waals surface area contributed by atoms with Gasteiger partial charge in [0, 0.05) is 11.3 Å². The number of rotatable bonds is 6. The molecule has 0 bridgehead atoms. The van der Waals surface area contributed by atoms with Crippen LogP contribution in [0.15, 0.2) is 35.7 Å². The van der Waals surface area contributed by atoms with E-state index in [0.717, 1.165) is 15.3 Å². The van der Waals surface area contributed by atoms with Crippen LogP contribution in [0.5, 0.6) is 11.5 Å². The number of hydrogen-bond donors (Lipinski definition) is 2. The molecule has 4 amide bonds. The monoisotopic (exact) mass is 401 g/mol. The van der Waals surface area contributed by atoms with Crippen LogP contribution in [0.2, 0.25) is 0 Å². The van der Waals surface area contributed by atoms with Crippen molar-refractivity contribution in [3.63, 3.8) is 0 Å². The summed E-state index contributed by atoms with van der Waals surface area (Å²) >= 11 is 1.52. The normalized spacial score (nSPS) is 20.4. The van der Waals surface area contributed by atoms with Gasteiger partial charge >= 0.3 is 6.03 Å². The molecule has 0 spiro atoms. The minimum atomic E-state index is -1.13. The third-order valence-electron chi connectivity index (χ3n) is 4.68. The first-order chi connectivity index (χ1) is 13.4. The molecule has 146 valence electrons. The van der Waals surface area contributed by atoms with E-state index in [1.165, 1.54) is 11.3 Å². The number of carbonyl (C=O) groups excluding carboxylic acids is 3. The van der Waals surface area contributed by atoms with Crippen LogP contribution in [0.1, 0.15) is 17.4 Å². The quantitative estimate of drug-likeness (QED) is 0.718. The highest BCUT2D eigenvalue weighted by molar-refractivity contribution is 7.09. The van der Waals surface area contributed by atoms with Gasteiger partial charge in [0.15, 0.2) is 11.5 Å². The molecule has 0 aliphatic carbocycles. The van der Waals surface area contributed by atoms with E-state index in [1.807, 2.05) is 23.6 Å². The summed E-state index contributed by atoms with van der Waals surface area (Å²) in [7, 11) is 0. The number of nitrogens with zero attached hydrogens (tertiary/aromatic N) is 1. The lowest BCUT2D eigenvalue weighted by Gasteiger charge is -2.21. The van der Waals surface area contributed by atoms with Gasteiger partial charge in [0.25, 0.3) is 5.91 Å². The van der Waals surface area contributed by atoms with Crippen molar-refractivity contribution in [1.82, 2.24) is 15.5 Å². The van der Waals surface area contributed by atoms with E-state index in [4.69, 9.17) is 9.47 Å². The second-order valence-corrected chi connectivity index (χ2v) is 7.91. The van der Waals surface area contributed by atoms with Gasteiger partial charge in [-0.25, -0.2) is 4.79 Å². The first kappa shape index (κ1) is 18.3. The van der Waals surface area contributed by atoms with Crippen LogP contribution in [-0.2, 0) is 22.6 Å². The lowest BCUT2D eigenvalue weighted by molar-refractivity contribution is -0.134. The Balaban J connectivity index is 1.40. The molecule has 2 aromatic rings. The highest BCUT2D eigenvalue weighted by Gasteiger charge is 2.48. The zero-order valence-corrected chi connectivity index (χ0v) is 16.0. The fourth-order valence-electron chi connectivity index (χ4n) is 3.27. The maximum absolute atomic E-state index is 12.9. The number of hydrogen-bond acceptors (Lipinski definition) is 6. The molecule has 2 aliphatic heterocycles. The molecule has 28 heavy (non-hydrogen) atoms. The SMILES string of the molecule is C[C@]1(Cc2ccc3c(c2)OCO3)NC(=O)N(CC(=O)NCc2cccs2)C1=O. The topological polar surface area (TPSA) is 97.0 Å². The number of imide groups is 1. The summed E-state index contributed by atoms with van der Waals surface area (Å²) in [4.78, 5) is 39.3. The second-order valence-electron chi connectivity index (χ2n) is 6.87. The Kier molecular flexibility index (Phi) is 4.68. The second kappa shape index (κ2) is 7.16. The van der Waals surface area contributed by atoms with Crippen molar-refractivity contribution < 1.29 is 23.9 Å². The Bertz CT molecular complexity index is 930. The highest BCUT2D eigenvalue weighted by Crippen LogP contribution is 2.34. The van der Waals surface area contributed by atoms with E-state index in [-0.39, 0.29) is 25.7 Å². The minimum Gasteiger partial charge on any atom is -0.454 e. The molecule has 1 aromatic carbocycles. The molecule has 0 radical (unpaired) electrons. The van der Waals surface area contributed by atoms with Crippen molar-refractivity contribution in [3.05, 3.63) is 46.2 Å². The molecule has 9 heteroatoms. The van der Waals surface area contributed by atoms with Crippen LogP contribution in [0.3, 0.4) is 0 Å². The number of fused-ring (bicyclic) bond motifs is 1. The van der Waals surface area contributed by atoms with Gasteiger partial charge in [0.05, 0.1) is 6.54 Å². The molecular formula is C19H19N3O5S. The molecule has 1 saturated heterocycles.